The molecule has 3 aromatic rings. The molecule has 1 atom stereocenters. The highest BCUT2D eigenvalue weighted by atomic mass is 16.2. The highest BCUT2D eigenvalue weighted by Gasteiger charge is 2.29. The van der Waals surface area contributed by atoms with E-state index in [4.69, 9.17) is 4.98 Å². The summed E-state index contributed by atoms with van der Waals surface area (Å²) in [6.07, 6.45) is 6.59. The van der Waals surface area contributed by atoms with Gasteiger partial charge >= 0.3 is 0 Å². The largest absolute Gasteiger partial charge is 0.338 e. The summed E-state index contributed by atoms with van der Waals surface area (Å²) in [4.78, 5) is 19.7. The predicted octanol–water partition coefficient (Wildman–Crippen LogP) is 3.20. The van der Waals surface area contributed by atoms with Crippen LogP contribution in [0.3, 0.4) is 0 Å². The summed E-state index contributed by atoms with van der Waals surface area (Å²) in [5.74, 6) is 1.47. The minimum absolute atomic E-state index is 0.0703. The summed E-state index contributed by atoms with van der Waals surface area (Å²) in [7, 11) is 1.84. The molecule has 0 bridgehead atoms. The lowest BCUT2D eigenvalue weighted by Gasteiger charge is -2.32. The molecule has 0 aliphatic carbocycles. The third kappa shape index (κ3) is 3.00. The number of aromatic nitrogens is 4. The lowest BCUT2D eigenvalue weighted by atomic mass is 9.96. The quantitative estimate of drug-likeness (QED) is 0.725. The molecule has 26 heavy (non-hydrogen) atoms. The van der Waals surface area contributed by atoms with E-state index in [2.05, 4.69) is 34.8 Å². The van der Waals surface area contributed by atoms with Crippen LogP contribution in [0.2, 0.25) is 0 Å². The Morgan fingerprint density at radius 2 is 2.15 bits per heavy atom. The molecule has 1 aromatic carbocycles. The Kier molecular flexibility index (Phi) is 4.49. The zero-order valence-corrected chi connectivity index (χ0v) is 15.4. The van der Waals surface area contributed by atoms with Gasteiger partial charge in [0.1, 0.15) is 5.82 Å². The normalized spacial score (nSPS) is 17.8. The molecule has 6 heteroatoms. The minimum atomic E-state index is 0.0703. The molecule has 0 spiro atoms. The Bertz CT molecular complexity index is 925. The van der Waals surface area contributed by atoms with E-state index in [1.54, 1.807) is 17.1 Å². The van der Waals surface area contributed by atoms with Crippen molar-refractivity contribution in [3.8, 4) is 0 Å². The molecule has 0 saturated carbocycles. The number of carbonyl (C=O) groups excluding carboxylic acids is 1. The van der Waals surface area contributed by atoms with Crippen LogP contribution in [0.25, 0.3) is 11.0 Å². The molecule has 3 heterocycles. The van der Waals surface area contributed by atoms with Crippen molar-refractivity contribution in [2.45, 2.75) is 38.6 Å². The van der Waals surface area contributed by atoms with Crippen LogP contribution in [0.4, 0.5) is 0 Å². The topological polar surface area (TPSA) is 56.0 Å². The van der Waals surface area contributed by atoms with Crippen LogP contribution in [0.5, 0.6) is 0 Å². The van der Waals surface area contributed by atoms with E-state index in [1.807, 2.05) is 18.0 Å². The van der Waals surface area contributed by atoms with E-state index in [1.165, 1.54) is 5.52 Å². The minimum Gasteiger partial charge on any atom is -0.338 e. The highest BCUT2D eigenvalue weighted by molar-refractivity contribution is 5.93. The number of aryl methyl sites for hydroxylation is 2. The van der Waals surface area contributed by atoms with Crippen molar-refractivity contribution in [3.05, 3.63) is 48.0 Å². The fraction of sp³-hybridized carbons (Fsp3) is 0.450. The van der Waals surface area contributed by atoms with Gasteiger partial charge in [-0.15, -0.1) is 0 Å². The molecule has 136 valence electrons. The first-order valence-corrected chi connectivity index (χ1v) is 9.40. The van der Waals surface area contributed by atoms with Gasteiger partial charge in [-0.05, 0) is 31.4 Å². The standard InChI is InChI=1S/C20H25N5O/c1-3-10-25-18-9-5-4-8-17(18)22-19(25)15-7-6-11-24(14-15)20(26)16-12-21-23(2)13-16/h4-5,8-9,12-13,15H,3,6-7,10-11,14H2,1-2H3. The van der Waals surface area contributed by atoms with Crippen LogP contribution in [-0.4, -0.2) is 43.2 Å². The molecule has 1 aliphatic heterocycles. The molecule has 1 unspecified atom stereocenters. The van der Waals surface area contributed by atoms with Gasteiger partial charge in [-0.2, -0.15) is 5.10 Å². The number of nitrogens with zero attached hydrogens (tertiary/aromatic N) is 5. The highest BCUT2D eigenvalue weighted by Crippen LogP contribution is 2.30. The number of hydrogen-bond donors (Lipinski definition) is 0. The molecule has 4 rings (SSSR count). The number of hydrogen-bond acceptors (Lipinski definition) is 3. The molecule has 1 saturated heterocycles. The number of rotatable bonds is 4. The molecular formula is C20H25N5O. The van der Waals surface area contributed by atoms with Gasteiger partial charge in [0.2, 0.25) is 0 Å². The molecule has 1 fully saturated rings. The maximum Gasteiger partial charge on any atom is 0.257 e. The maximum atomic E-state index is 12.8. The van der Waals surface area contributed by atoms with Gasteiger partial charge in [-0.3, -0.25) is 9.48 Å². The fourth-order valence-corrected chi connectivity index (χ4v) is 3.95. The van der Waals surface area contributed by atoms with E-state index in [9.17, 15) is 4.79 Å². The van der Waals surface area contributed by atoms with Gasteiger partial charge in [0, 0.05) is 38.8 Å². The monoisotopic (exact) mass is 351 g/mol. The van der Waals surface area contributed by atoms with Crippen molar-refractivity contribution < 1.29 is 4.79 Å². The van der Waals surface area contributed by atoms with E-state index < -0.39 is 0 Å². The molecule has 6 nitrogen and oxygen atoms in total. The summed E-state index contributed by atoms with van der Waals surface area (Å²) in [6, 6.07) is 8.32. The second-order valence-corrected chi connectivity index (χ2v) is 7.10. The molecule has 0 radical (unpaired) electrons. The van der Waals surface area contributed by atoms with Crippen LogP contribution in [0.15, 0.2) is 36.7 Å². The number of benzene rings is 1. The smallest absolute Gasteiger partial charge is 0.257 e. The van der Waals surface area contributed by atoms with E-state index in [-0.39, 0.29) is 11.8 Å². The number of amides is 1. The maximum absolute atomic E-state index is 12.8. The Balaban J connectivity index is 1.62. The number of piperidine rings is 1. The van der Waals surface area contributed by atoms with Crippen molar-refractivity contribution in [3.63, 3.8) is 0 Å². The van der Waals surface area contributed by atoms with Crippen molar-refractivity contribution in [2.24, 2.45) is 7.05 Å². The molecular weight excluding hydrogens is 326 g/mol. The van der Waals surface area contributed by atoms with Crippen molar-refractivity contribution in [1.82, 2.24) is 24.2 Å². The van der Waals surface area contributed by atoms with Crippen LogP contribution < -0.4 is 0 Å². The average Bonchev–Trinajstić information content (AvgIpc) is 3.26. The second kappa shape index (κ2) is 6.94. The summed E-state index contributed by atoms with van der Waals surface area (Å²) in [5, 5.41) is 4.13. The van der Waals surface area contributed by atoms with Gasteiger partial charge < -0.3 is 9.47 Å². The number of likely N-dealkylation sites (tertiary alicyclic amines) is 1. The number of para-hydroxylation sites is 2. The molecule has 2 aromatic heterocycles. The number of carbonyl (C=O) groups is 1. The van der Waals surface area contributed by atoms with Crippen LogP contribution in [0.1, 0.15) is 48.3 Å². The first-order valence-electron chi connectivity index (χ1n) is 9.40. The fourth-order valence-electron chi connectivity index (χ4n) is 3.95. The SMILES string of the molecule is CCCn1c(C2CCCN(C(=O)c3cnn(C)c3)C2)nc2ccccc21. The van der Waals surface area contributed by atoms with E-state index >= 15 is 0 Å². The van der Waals surface area contributed by atoms with Crippen molar-refractivity contribution in [2.75, 3.05) is 13.1 Å². The molecule has 0 N–H and O–H groups in total. The van der Waals surface area contributed by atoms with Crippen LogP contribution in [0, 0.1) is 0 Å². The van der Waals surface area contributed by atoms with Gasteiger partial charge in [0.15, 0.2) is 0 Å². The number of imidazole rings is 1. The Morgan fingerprint density at radius 3 is 2.92 bits per heavy atom. The van der Waals surface area contributed by atoms with Crippen LogP contribution in [-0.2, 0) is 13.6 Å². The average molecular weight is 351 g/mol. The summed E-state index contributed by atoms with van der Waals surface area (Å²) < 4.78 is 4.02. The van der Waals surface area contributed by atoms with Gasteiger partial charge in [0.25, 0.3) is 5.91 Å². The lowest BCUT2D eigenvalue weighted by Crippen LogP contribution is -2.39. The first-order chi connectivity index (χ1) is 12.7. The van der Waals surface area contributed by atoms with E-state index in [0.29, 0.717) is 5.56 Å². The van der Waals surface area contributed by atoms with Gasteiger partial charge in [0.05, 0.1) is 22.8 Å². The van der Waals surface area contributed by atoms with Crippen LogP contribution >= 0.6 is 0 Å². The molecule has 1 amide bonds. The van der Waals surface area contributed by atoms with Crippen molar-refractivity contribution >= 4 is 16.9 Å². The third-order valence-electron chi connectivity index (χ3n) is 5.16. The summed E-state index contributed by atoms with van der Waals surface area (Å²) in [5.41, 5.74) is 2.90. The van der Waals surface area contributed by atoms with Gasteiger partial charge in [-0.25, -0.2) is 4.98 Å². The zero-order chi connectivity index (χ0) is 18.1. The van der Waals surface area contributed by atoms with Crippen molar-refractivity contribution in [1.29, 1.82) is 0 Å². The summed E-state index contributed by atoms with van der Waals surface area (Å²) in [6.45, 7) is 4.68. The second-order valence-electron chi connectivity index (χ2n) is 7.10. The number of fused-ring (bicyclic) bond motifs is 1. The summed E-state index contributed by atoms with van der Waals surface area (Å²) >= 11 is 0. The zero-order valence-electron chi connectivity index (χ0n) is 15.4. The predicted molar refractivity (Wildman–Crippen MR) is 101 cm³/mol. The molecule has 1 aliphatic rings. The van der Waals surface area contributed by atoms with Gasteiger partial charge in [-0.1, -0.05) is 19.1 Å². The Labute approximate surface area is 153 Å². The Morgan fingerprint density at radius 1 is 1.31 bits per heavy atom. The Hall–Kier alpha value is -2.63. The van der Waals surface area contributed by atoms with E-state index in [0.717, 1.165) is 50.2 Å². The first kappa shape index (κ1) is 16.8. The third-order valence-corrected chi connectivity index (χ3v) is 5.16. The lowest BCUT2D eigenvalue weighted by molar-refractivity contribution is 0.0703.